The lowest BCUT2D eigenvalue weighted by Gasteiger charge is -2.55. The number of nitrogens with one attached hydrogen (secondary N) is 1. The standard InChI is InChI=1S/C21H22N2O4/c1-26-18(25)12-10-20-11-16(24)27-15(20)6-8-23-9-7-21(19(20)23)13-4-2-3-5-14(13)22-17(12)21/h2-5,15,19,22H,6-11H2,1H3. The predicted octanol–water partition coefficient (Wildman–Crippen LogP) is 1.96. The summed E-state index contributed by atoms with van der Waals surface area (Å²) in [4.78, 5) is 27.7. The average Bonchev–Trinajstić information content (AvgIpc) is 3.33. The Labute approximate surface area is 157 Å². The van der Waals surface area contributed by atoms with E-state index in [0.29, 0.717) is 18.4 Å². The summed E-state index contributed by atoms with van der Waals surface area (Å²) >= 11 is 0. The molecule has 1 aliphatic carbocycles. The first kappa shape index (κ1) is 15.7. The monoisotopic (exact) mass is 366 g/mol. The van der Waals surface area contributed by atoms with E-state index in [0.717, 1.165) is 37.3 Å². The molecule has 4 atom stereocenters. The summed E-state index contributed by atoms with van der Waals surface area (Å²) in [6, 6.07) is 8.52. The zero-order chi connectivity index (χ0) is 18.4. The van der Waals surface area contributed by atoms with Crippen LogP contribution in [0, 0.1) is 5.41 Å². The second-order valence-corrected chi connectivity index (χ2v) is 8.53. The van der Waals surface area contributed by atoms with Gasteiger partial charge in [0, 0.05) is 29.4 Å². The number of benzene rings is 1. The third-order valence-corrected chi connectivity index (χ3v) is 7.59. The van der Waals surface area contributed by atoms with Crippen molar-refractivity contribution in [3.8, 4) is 0 Å². The summed E-state index contributed by atoms with van der Waals surface area (Å²) in [6.45, 7) is 1.91. The molecule has 0 amide bonds. The van der Waals surface area contributed by atoms with E-state index in [9.17, 15) is 9.59 Å². The fourth-order valence-electron chi connectivity index (χ4n) is 6.83. The smallest absolute Gasteiger partial charge is 0.335 e. The highest BCUT2D eigenvalue weighted by atomic mass is 16.6. The first-order valence-corrected chi connectivity index (χ1v) is 9.72. The first-order valence-electron chi connectivity index (χ1n) is 9.72. The zero-order valence-corrected chi connectivity index (χ0v) is 15.3. The van der Waals surface area contributed by atoms with Gasteiger partial charge < -0.3 is 14.8 Å². The summed E-state index contributed by atoms with van der Waals surface area (Å²) in [7, 11) is 1.43. The minimum absolute atomic E-state index is 0.116. The van der Waals surface area contributed by atoms with Crippen molar-refractivity contribution in [3.05, 3.63) is 41.1 Å². The van der Waals surface area contributed by atoms with Gasteiger partial charge in [0.15, 0.2) is 0 Å². The van der Waals surface area contributed by atoms with Crippen LogP contribution in [-0.2, 0) is 24.5 Å². The molecule has 27 heavy (non-hydrogen) atoms. The number of ether oxygens (including phenoxy) is 2. The van der Waals surface area contributed by atoms with Gasteiger partial charge in [0.25, 0.3) is 0 Å². The minimum Gasteiger partial charge on any atom is -0.466 e. The fourth-order valence-corrected chi connectivity index (χ4v) is 6.83. The average molecular weight is 366 g/mol. The maximum Gasteiger partial charge on any atom is 0.335 e. The molecule has 0 radical (unpaired) electrons. The van der Waals surface area contributed by atoms with Gasteiger partial charge >= 0.3 is 11.9 Å². The number of para-hydroxylation sites is 1. The molecule has 2 spiro atoms. The van der Waals surface area contributed by atoms with E-state index in [1.54, 1.807) is 0 Å². The Morgan fingerprint density at radius 1 is 1.30 bits per heavy atom. The molecule has 3 fully saturated rings. The van der Waals surface area contributed by atoms with Crippen LogP contribution in [0.1, 0.15) is 31.2 Å². The summed E-state index contributed by atoms with van der Waals surface area (Å²) in [5, 5.41) is 3.57. The molecule has 3 saturated heterocycles. The Morgan fingerprint density at radius 2 is 2.15 bits per heavy atom. The molecule has 1 aromatic rings. The van der Waals surface area contributed by atoms with Crippen LogP contribution >= 0.6 is 0 Å². The molecule has 6 heteroatoms. The number of carbonyl (C=O) groups excluding carboxylic acids is 2. The highest BCUT2D eigenvalue weighted by Gasteiger charge is 2.71. The molecule has 4 unspecified atom stereocenters. The second kappa shape index (κ2) is 4.93. The van der Waals surface area contributed by atoms with Crippen LogP contribution in [-0.4, -0.2) is 49.2 Å². The van der Waals surface area contributed by atoms with E-state index < -0.39 is 0 Å². The third kappa shape index (κ3) is 1.66. The van der Waals surface area contributed by atoms with Gasteiger partial charge in [-0.05, 0) is 37.4 Å². The first-order chi connectivity index (χ1) is 13.1. The van der Waals surface area contributed by atoms with E-state index in [-0.39, 0.29) is 34.9 Å². The van der Waals surface area contributed by atoms with Crippen LogP contribution in [0.3, 0.4) is 0 Å². The molecule has 6 nitrogen and oxygen atoms in total. The molecule has 5 aliphatic rings. The Kier molecular flexibility index (Phi) is 2.86. The second-order valence-electron chi connectivity index (χ2n) is 8.53. The quantitative estimate of drug-likeness (QED) is 0.767. The number of fused-ring (bicyclic) bond motifs is 1. The maximum atomic E-state index is 12.8. The molecule has 0 aromatic heterocycles. The third-order valence-electron chi connectivity index (χ3n) is 7.59. The minimum atomic E-state index is -0.349. The van der Waals surface area contributed by atoms with Crippen LogP contribution in [0.4, 0.5) is 5.69 Å². The lowest BCUT2D eigenvalue weighted by atomic mass is 9.53. The van der Waals surface area contributed by atoms with E-state index >= 15 is 0 Å². The van der Waals surface area contributed by atoms with Gasteiger partial charge in [-0.25, -0.2) is 4.79 Å². The van der Waals surface area contributed by atoms with Gasteiger partial charge in [-0.1, -0.05) is 18.2 Å². The van der Waals surface area contributed by atoms with Crippen molar-refractivity contribution in [1.82, 2.24) is 4.90 Å². The highest BCUT2D eigenvalue weighted by Crippen LogP contribution is 2.66. The number of piperidine rings is 1. The van der Waals surface area contributed by atoms with E-state index in [4.69, 9.17) is 9.47 Å². The van der Waals surface area contributed by atoms with Crippen LogP contribution < -0.4 is 5.32 Å². The van der Waals surface area contributed by atoms with Gasteiger partial charge in [0.2, 0.25) is 0 Å². The van der Waals surface area contributed by atoms with Crippen molar-refractivity contribution >= 4 is 17.6 Å². The number of hydrogen-bond donors (Lipinski definition) is 1. The number of methoxy groups -OCH3 is 1. The zero-order valence-electron chi connectivity index (χ0n) is 15.3. The normalized spacial score (nSPS) is 38.5. The van der Waals surface area contributed by atoms with Crippen LogP contribution in [0.15, 0.2) is 35.5 Å². The number of nitrogens with zero attached hydrogens (tertiary/aromatic N) is 1. The van der Waals surface area contributed by atoms with E-state index in [2.05, 4.69) is 28.4 Å². The lowest BCUT2D eigenvalue weighted by molar-refractivity contribution is -0.144. The van der Waals surface area contributed by atoms with Crippen LogP contribution in [0.25, 0.3) is 0 Å². The van der Waals surface area contributed by atoms with Crippen molar-refractivity contribution < 1.29 is 19.1 Å². The van der Waals surface area contributed by atoms with E-state index in [1.165, 1.54) is 12.7 Å². The van der Waals surface area contributed by atoms with Gasteiger partial charge in [0.05, 0.1) is 24.5 Å². The number of esters is 2. The maximum absolute atomic E-state index is 12.8. The number of anilines is 1. The largest absolute Gasteiger partial charge is 0.466 e. The summed E-state index contributed by atoms with van der Waals surface area (Å²) in [6.07, 6.45) is 2.60. The summed E-state index contributed by atoms with van der Waals surface area (Å²) in [5.74, 6) is -0.421. The lowest BCUT2D eigenvalue weighted by Crippen LogP contribution is -2.63. The Bertz CT molecular complexity index is 925. The molecule has 140 valence electrons. The Hall–Kier alpha value is -2.34. The number of carbonyl (C=O) groups is 2. The van der Waals surface area contributed by atoms with Crippen molar-refractivity contribution in [1.29, 1.82) is 0 Å². The summed E-state index contributed by atoms with van der Waals surface area (Å²) in [5.41, 5.74) is 3.36. The van der Waals surface area contributed by atoms with E-state index in [1.807, 2.05) is 6.07 Å². The van der Waals surface area contributed by atoms with Crippen molar-refractivity contribution in [3.63, 3.8) is 0 Å². The van der Waals surface area contributed by atoms with Gasteiger partial charge in [-0.2, -0.15) is 0 Å². The molecule has 4 heterocycles. The van der Waals surface area contributed by atoms with Crippen molar-refractivity contribution in [2.45, 2.75) is 43.2 Å². The number of hydrogen-bond acceptors (Lipinski definition) is 6. The number of rotatable bonds is 1. The molecule has 0 saturated carbocycles. The Balaban J connectivity index is 1.66. The van der Waals surface area contributed by atoms with Crippen LogP contribution in [0.2, 0.25) is 0 Å². The fraction of sp³-hybridized carbons (Fsp3) is 0.524. The van der Waals surface area contributed by atoms with Crippen molar-refractivity contribution in [2.24, 2.45) is 5.41 Å². The molecule has 6 rings (SSSR count). The Morgan fingerprint density at radius 3 is 3.00 bits per heavy atom. The van der Waals surface area contributed by atoms with Crippen molar-refractivity contribution in [2.75, 3.05) is 25.5 Å². The molecule has 1 aromatic carbocycles. The SMILES string of the molecule is COC(=O)C1=C2Nc3ccccc3C23CCN2CCC4OC(=O)CC4(C1)C23. The highest BCUT2D eigenvalue weighted by molar-refractivity contribution is 5.93. The molecule has 4 aliphatic heterocycles. The predicted molar refractivity (Wildman–Crippen MR) is 96.9 cm³/mol. The van der Waals surface area contributed by atoms with Gasteiger partial charge in [0.1, 0.15) is 6.10 Å². The topological polar surface area (TPSA) is 67.9 Å². The summed E-state index contributed by atoms with van der Waals surface area (Å²) < 4.78 is 11.0. The van der Waals surface area contributed by atoms with Crippen LogP contribution in [0.5, 0.6) is 0 Å². The molecular formula is C21H22N2O4. The molecule has 1 N–H and O–H groups in total. The molecule has 0 bridgehead atoms. The van der Waals surface area contributed by atoms with Gasteiger partial charge in [-0.3, -0.25) is 9.69 Å². The molecular weight excluding hydrogens is 344 g/mol. The van der Waals surface area contributed by atoms with Gasteiger partial charge in [-0.15, -0.1) is 0 Å².